The maximum Gasteiger partial charge on any atom is 0.300 e. The minimum Gasteiger partial charge on any atom is -0.382 e. The van der Waals surface area contributed by atoms with Crippen molar-refractivity contribution in [2.45, 2.75) is 48.9 Å². The summed E-state index contributed by atoms with van der Waals surface area (Å²) in [5, 5.41) is 19.1. The maximum atomic E-state index is 14.2. The summed E-state index contributed by atoms with van der Waals surface area (Å²) < 4.78 is 67.7. The van der Waals surface area contributed by atoms with Crippen LogP contribution in [0.1, 0.15) is 27.2 Å². The third-order valence-corrected chi connectivity index (χ3v) is 9.08. The van der Waals surface area contributed by atoms with Gasteiger partial charge >= 0.3 is 0 Å². The summed E-state index contributed by atoms with van der Waals surface area (Å²) in [6, 6.07) is 5.76. The van der Waals surface area contributed by atoms with Crippen LogP contribution in [0.25, 0.3) is 0 Å². The van der Waals surface area contributed by atoms with Crippen LogP contribution in [0.4, 0.5) is 8.78 Å². The van der Waals surface area contributed by atoms with Gasteiger partial charge in [0.15, 0.2) is 5.78 Å². The second-order valence-electron chi connectivity index (χ2n) is 10.9. The molecular formula is C31H36F2N4O10S2. The fourth-order valence-electron chi connectivity index (χ4n) is 4.38. The van der Waals surface area contributed by atoms with Crippen molar-refractivity contribution in [3.63, 3.8) is 0 Å². The van der Waals surface area contributed by atoms with Gasteiger partial charge in [0.2, 0.25) is 11.8 Å². The van der Waals surface area contributed by atoms with Gasteiger partial charge in [0.1, 0.15) is 45.7 Å². The molecule has 0 bridgehead atoms. The quantitative estimate of drug-likeness (QED) is 0.137. The highest BCUT2D eigenvalue weighted by Gasteiger charge is 2.40. The second kappa shape index (κ2) is 17.5. The van der Waals surface area contributed by atoms with Gasteiger partial charge < -0.3 is 30.5 Å². The molecule has 3 aromatic rings. The molecular weight excluding hydrogens is 690 g/mol. The summed E-state index contributed by atoms with van der Waals surface area (Å²) in [6.07, 6.45) is 1.16. The Bertz CT molecular complexity index is 1740. The lowest BCUT2D eigenvalue weighted by Gasteiger charge is -2.29. The molecule has 4 N–H and O–H groups in total. The molecule has 1 heterocycles. The van der Waals surface area contributed by atoms with Gasteiger partial charge in [-0.2, -0.15) is 8.42 Å². The first-order chi connectivity index (χ1) is 23.1. The number of hydrogen-bond donors (Lipinski definition) is 4. The van der Waals surface area contributed by atoms with Gasteiger partial charge in [-0.15, -0.1) is 11.3 Å². The summed E-state index contributed by atoms with van der Waals surface area (Å²) in [5.74, 6) is -5.92. The largest absolute Gasteiger partial charge is 0.382 e. The predicted octanol–water partition coefficient (Wildman–Crippen LogP) is 1.06. The third-order valence-electron chi connectivity index (χ3n) is 6.87. The smallest absolute Gasteiger partial charge is 0.300 e. The van der Waals surface area contributed by atoms with Crippen molar-refractivity contribution in [2.75, 3.05) is 34.0 Å². The van der Waals surface area contributed by atoms with E-state index in [-0.39, 0.29) is 24.5 Å². The first kappa shape index (κ1) is 39.2. The number of Topliss-reactive ketones (excluding diaryl/α,β-unsaturated/α-hetero) is 1. The van der Waals surface area contributed by atoms with Crippen LogP contribution in [0.3, 0.4) is 0 Å². The molecule has 0 aliphatic rings. The average molecular weight is 727 g/mol. The lowest BCUT2D eigenvalue weighted by Crippen LogP contribution is -2.60. The molecule has 4 unspecified atom stereocenters. The fourth-order valence-corrected chi connectivity index (χ4v) is 6.10. The van der Waals surface area contributed by atoms with Crippen molar-refractivity contribution >= 4 is 45.0 Å². The number of benzene rings is 2. The number of amides is 3. The zero-order valence-electron chi connectivity index (χ0n) is 26.9. The normalized spacial score (nSPS) is 14.6. The molecule has 1 aromatic heterocycles. The predicted molar refractivity (Wildman–Crippen MR) is 171 cm³/mol. The number of hydrogen-bond acceptors (Lipinski definition) is 12. The Morgan fingerprint density at radius 2 is 1.53 bits per heavy atom. The van der Waals surface area contributed by atoms with E-state index in [0.29, 0.717) is 28.8 Å². The SMILES string of the molecule is COCC(NC(=O)c1cnc(C)s1)C(=O)NC(COC)C(=O)NC(Cc1ccccc1)C(=O)C(C)(O)COS(=O)(=O)c1ccc(F)cc1F. The zero-order chi connectivity index (χ0) is 36.4. The molecule has 18 heteroatoms. The molecule has 14 nitrogen and oxygen atoms in total. The number of ketones is 1. The lowest BCUT2D eigenvalue weighted by atomic mass is 9.91. The molecule has 3 rings (SSSR count). The highest BCUT2D eigenvalue weighted by molar-refractivity contribution is 7.86. The number of ether oxygens (including phenoxy) is 2. The van der Waals surface area contributed by atoms with E-state index in [1.807, 2.05) is 0 Å². The van der Waals surface area contributed by atoms with Gasteiger partial charge in [-0.25, -0.2) is 13.8 Å². The molecule has 0 spiro atoms. The number of carbonyl (C=O) groups excluding carboxylic acids is 4. The number of thiazole rings is 1. The number of rotatable bonds is 18. The van der Waals surface area contributed by atoms with Gasteiger partial charge in [-0.05, 0) is 38.0 Å². The van der Waals surface area contributed by atoms with Crippen LogP contribution in [0, 0.1) is 18.6 Å². The number of aryl methyl sites for hydroxylation is 1. The summed E-state index contributed by atoms with van der Waals surface area (Å²) in [6.45, 7) is 0.801. The van der Waals surface area contributed by atoms with Crippen LogP contribution in [-0.4, -0.2) is 99.8 Å². The van der Waals surface area contributed by atoms with Crippen molar-refractivity contribution in [1.82, 2.24) is 20.9 Å². The Morgan fingerprint density at radius 3 is 2.08 bits per heavy atom. The van der Waals surface area contributed by atoms with Crippen LogP contribution < -0.4 is 16.0 Å². The molecule has 0 aliphatic carbocycles. The number of nitrogens with zero attached hydrogens (tertiary/aromatic N) is 1. The van der Waals surface area contributed by atoms with Gasteiger partial charge in [0.25, 0.3) is 16.0 Å². The Kier molecular flexibility index (Phi) is 14.0. The van der Waals surface area contributed by atoms with E-state index in [2.05, 4.69) is 20.9 Å². The van der Waals surface area contributed by atoms with Crippen molar-refractivity contribution in [1.29, 1.82) is 0 Å². The van der Waals surface area contributed by atoms with E-state index in [0.717, 1.165) is 18.3 Å². The molecule has 3 amide bonds. The van der Waals surface area contributed by atoms with Crippen LogP contribution >= 0.6 is 11.3 Å². The summed E-state index contributed by atoms with van der Waals surface area (Å²) in [7, 11) is -2.34. The molecule has 49 heavy (non-hydrogen) atoms. The molecule has 0 fully saturated rings. The van der Waals surface area contributed by atoms with E-state index in [1.165, 1.54) is 20.4 Å². The van der Waals surface area contributed by atoms with Gasteiger partial charge in [-0.1, -0.05) is 30.3 Å². The van der Waals surface area contributed by atoms with Crippen LogP contribution in [0.5, 0.6) is 0 Å². The Morgan fingerprint density at radius 1 is 0.939 bits per heavy atom. The van der Waals surface area contributed by atoms with Crippen molar-refractivity contribution in [3.8, 4) is 0 Å². The second-order valence-corrected chi connectivity index (χ2v) is 13.7. The van der Waals surface area contributed by atoms with E-state index in [9.17, 15) is 41.5 Å². The lowest BCUT2D eigenvalue weighted by molar-refractivity contribution is -0.143. The number of aromatic nitrogens is 1. The third kappa shape index (κ3) is 11.2. The first-order valence-electron chi connectivity index (χ1n) is 14.5. The van der Waals surface area contributed by atoms with Crippen LogP contribution in [0.15, 0.2) is 59.6 Å². The summed E-state index contributed by atoms with van der Waals surface area (Å²) in [4.78, 5) is 56.3. The van der Waals surface area contributed by atoms with Gasteiger partial charge in [0.05, 0.1) is 30.5 Å². The standard InChI is InChI=1S/C31H36F2N4O10S2/c1-18-34-14-25(48-18)30(41)37-24(16-46-4)29(40)36-23(15-45-3)28(39)35-22(12-19-8-6-5-7-9-19)27(38)31(2,42)17-47-49(43,44)26-11-10-20(32)13-21(26)33/h5-11,13-14,22-24,42H,12,15-17H2,1-4H3,(H,35,39)(H,36,40)(H,37,41). The summed E-state index contributed by atoms with van der Waals surface area (Å²) in [5.41, 5.74) is -2.04. The molecule has 0 aliphatic heterocycles. The Balaban J connectivity index is 1.80. The Hall–Kier alpha value is -4.20. The molecule has 266 valence electrons. The van der Waals surface area contributed by atoms with Gasteiger partial charge in [-0.3, -0.25) is 23.4 Å². The fraction of sp³-hybridized carbons (Fsp3) is 0.387. The monoisotopic (exact) mass is 726 g/mol. The van der Waals surface area contributed by atoms with Crippen LogP contribution in [0.2, 0.25) is 0 Å². The van der Waals surface area contributed by atoms with Crippen molar-refractivity contribution < 1.29 is 55.1 Å². The van der Waals surface area contributed by atoms with Crippen molar-refractivity contribution in [3.05, 3.63) is 81.8 Å². The first-order valence-corrected chi connectivity index (χ1v) is 16.8. The minimum atomic E-state index is -4.90. The molecule has 2 aromatic carbocycles. The van der Waals surface area contributed by atoms with Crippen molar-refractivity contribution in [2.24, 2.45) is 0 Å². The number of halogens is 2. The van der Waals surface area contributed by atoms with E-state index in [4.69, 9.17) is 13.7 Å². The molecule has 4 atom stereocenters. The number of methoxy groups -OCH3 is 2. The zero-order valence-corrected chi connectivity index (χ0v) is 28.5. The van der Waals surface area contributed by atoms with E-state index >= 15 is 0 Å². The van der Waals surface area contributed by atoms with Crippen LogP contribution in [-0.2, 0) is 44.6 Å². The molecule has 0 saturated heterocycles. The summed E-state index contributed by atoms with van der Waals surface area (Å²) >= 11 is 1.11. The average Bonchev–Trinajstić information content (AvgIpc) is 3.49. The number of aliphatic hydroxyl groups is 1. The number of carbonyl (C=O) groups is 4. The van der Waals surface area contributed by atoms with Gasteiger partial charge in [0, 0.05) is 20.3 Å². The minimum absolute atomic E-state index is 0.189. The maximum absolute atomic E-state index is 14.2. The highest BCUT2D eigenvalue weighted by atomic mass is 32.2. The van der Waals surface area contributed by atoms with E-state index in [1.54, 1.807) is 37.3 Å². The molecule has 0 saturated carbocycles. The topological polar surface area (TPSA) is 199 Å². The van der Waals surface area contributed by atoms with E-state index < -0.39 is 80.5 Å². The number of nitrogens with one attached hydrogen (secondary N) is 3. The molecule has 0 radical (unpaired) electrons. The Labute approximate surface area is 285 Å². The highest BCUT2D eigenvalue weighted by Crippen LogP contribution is 2.21.